The molecule has 8 nitrogen and oxygen atoms in total. The van der Waals surface area contributed by atoms with Gasteiger partial charge in [0.15, 0.2) is 0 Å². The van der Waals surface area contributed by atoms with E-state index in [1.54, 1.807) is 6.07 Å². The van der Waals surface area contributed by atoms with Gasteiger partial charge in [-0.3, -0.25) is 9.52 Å². The average molecular weight is 764 g/mol. The number of ether oxygens (including phenoxy) is 3. The number of likely N-dealkylation sites (tertiary alicyclic amines) is 1. The molecule has 2 aliphatic carbocycles. The molecule has 4 aliphatic heterocycles. The fraction of sp³-hybridized carbons (Fsp3) is 0.628. The first-order chi connectivity index (χ1) is 25.4. The third-order valence-corrected chi connectivity index (χ3v) is 16.8. The molecule has 2 aromatic rings. The van der Waals surface area contributed by atoms with E-state index in [-0.39, 0.29) is 22.5 Å². The third kappa shape index (κ3) is 7.07. The molecule has 2 saturated heterocycles. The van der Waals surface area contributed by atoms with Crippen molar-refractivity contribution in [2.24, 2.45) is 23.2 Å². The van der Waals surface area contributed by atoms with Crippen LogP contribution >= 0.6 is 11.6 Å². The van der Waals surface area contributed by atoms with E-state index in [4.69, 9.17) is 25.8 Å². The minimum Gasteiger partial charge on any atom is -0.490 e. The average Bonchev–Trinajstić information content (AvgIpc) is 3.53. The maximum atomic E-state index is 14.1. The lowest BCUT2D eigenvalue weighted by Crippen LogP contribution is -2.58. The second kappa shape index (κ2) is 14.5. The van der Waals surface area contributed by atoms with E-state index < -0.39 is 15.3 Å². The van der Waals surface area contributed by atoms with Gasteiger partial charge in [0.25, 0.3) is 5.91 Å². The molecule has 53 heavy (non-hydrogen) atoms. The maximum Gasteiger partial charge on any atom is 0.262 e. The molecule has 0 radical (unpaired) electrons. The Balaban J connectivity index is 1.18. The van der Waals surface area contributed by atoms with Crippen molar-refractivity contribution in [2.45, 2.75) is 87.9 Å². The highest BCUT2D eigenvalue weighted by Gasteiger charge is 2.50. The first kappa shape index (κ1) is 37.4. The molecule has 8 rings (SSSR count). The number of nitrogens with zero attached hydrogens (tertiary/aromatic N) is 2. The van der Waals surface area contributed by atoms with Crippen molar-refractivity contribution in [1.29, 1.82) is 0 Å². The summed E-state index contributed by atoms with van der Waals surface area (Å²) in [4.78, 5) is 19.0. The van der Waals surface area contributed by atoms with E-state index in [1.807, 2.05) is 32.2 Å². The molecule has 7 atom stereocenters. The number of aryl methyl sites for hydroxylation is 1. The van der Waals surface area contributed by atoms with Gasteiger partial charge in [-0.15, -0.1) is 0 Å². The number of allylic oxidation sites excluding steroid dienone is 1. The largest absolute Gasteiger partial charge is 0.490 e. The third-order valence-electron chi connectivity index (χ3n) is 14.3. The lowest BCUT2D eigenvalue weighted by atomic mass is 9.63. The number of halogens is 1. The Bertz CT molecular complexity index is 1830. The second-order valence-electron chi connectivity index (χ2n) is 17.4. The number of hydrogen-bond acceptors (Lipinski definition) is 7. The Hall–Kier alpha value is -2.56. The second-order valence-corrected chi connectivity index (χ2v) is 20.3. The van der Waals surface area contributed by atoms with Crippen molar-refractivity contribution in [3.63, 3.8) is 0 Å². The lowest BCUT2D eigenvalue weighted by Gasteiger charge is -2.52. The van der Waals surface area contributed by atoms with Gasteiger partial charge >= 0.3 is 0 Å². The number of fused-ring (bicyclic) bond motifs is 4. The molecule has 3 fully saturated rings. The van der Waals surface area contributed by atoms with Crippen LogP contribution in [0.25, 0.3) is 0 Å². The van der Waals surface area contributed by atoms with Crippen LogP contribution in [0.1, 0.15) is 86.7 Å². The quantitative estimate of drug-likeness (QED) is 0.265. The number of carbonyl (C=O) groups excluding carboxylic acids is 1. The zero-order chi connectivity index (χ0) is 37.0. The van der Waals surface area contributed by atoms with E-state index in [0.717, 1.165) is 101 Å². The number of rotatable bonds is 3. The molecule has 10 heteroatoms. The Morgan fingerprint density at radius 2 is 1.91 bits per heavy atom. The van der Waals surface area contributed by atoms with Crippen LogP contribution in [0.2, 0.25) is 5.02 Å². The molecular weight excluding hydrogens is 706 g/mol. The molecule has 2 bridgehead atoms. The minimum atomic E-state index is -2.95. The zero-order valence-corrected chi connectivity index (χ0v) is 33.5. The number of benzene rings is 2. The van der Waals surface area contributed by atoms with Crippen LogP contribution in [0.5, 0.6) is 5.75 Å². The number of amides is 1. The first-order valence-electron chi connectivity index (χ1n) is 20.0. The molecule has 1 amide bonds. The SMILES string of the molecule is C=S1(=O)NC(=O)c2ccc3c(c2)N(C[C@@H]2CC[C@H]2[C@@](CN2CCC4(CCOC4)CC2)(OC)/C=C/C[C@H](C)[C@H]1C)C[C@@]1(CCCc2cc(Cl)ccc21)CO3. The Labute approximate surface area is 322 Å². The number of methoxy groups -OCH3 is 1. The lowest BCUT2D eigenvalue weighted by molar-refractivity contribution is -0.0971. The highest BCUT2D eigenvalue weighted by atomic mass is 35.5. The molecule has 0 aromatic heterocycles. The molecule has 2 spiro atoms. The van der Waals surface area contributed by atoms with Gasteiger partial charge in [0.2, 0.25) is 0 Å². The molecule has 1 saturated carbocycles. The summed E-state index contributed by atoms with van der Waals surface area (Å²) in [5, 5.41) is 0.441. The highest BCUT2D eigenvalue weighted by Crippen LogP contribution is 2.50. The van der Waals surface area contributed by atoms with E-state index >= 15 is 0 Å². The van der Waals surface area contributed by atoms with Crippen LogP contribution in [0.4, 0.5) is 5.69 Å². The molecule has 288 valence electrons. The monoisotopic (exact) mass is 763 g/mol. The smallest absolute Gasteiger partial charge is 0.262 e. The topological polar surface area (TPSA) is 80.3 Å². The Kier molecular flexibility index (Phi) is 10.2. The standard InChI is InChI=1S/C43H58ClN3O5S/c1-30-7-5-16-43(50-3,27-46-20-17-41(18-21-46)19-22-51-28-41)37-12-9-34(37)25-47-26-42(15-6-8-32-23-35(44)11-13-36(32)42)29-52-39-14-10-33(24-38(39)47)40(48)45-53(4,49)31(30)2/h5,10-11,13-14,16,23-24,30-31,34,37H,4,6-9,12,15,17-22,25-29H2,1-3H3,(H,45,48,49)/b16-5+/t30-,31+,34-,37+,42-,43+,53?/m0/s1. The normalized spacial score (nSPS) is 36.5. The zero-order valence-electron chi connectivity index (χ0n) is 31.9. The number of piperidine rings is 1. The molecule has 1 unspecified atom stereocenters. The summed E-state index contributed by atoms with van der Waals surface area (Å²) in [5.41, 5.74) is 3.68. The number of nitrogens with one attached hydrogen (secondary N) is 1. The van der Waals surface area contributed by atoms with Crippen LogP contribution < -0.4 is 14.4 Å². The summed E-state index contributed by atoms with van der Waals surface area (Å²) < 4.78 is 36.3. The van der Waals surface area contributed by atoms with E-state index in [1.165, 1.54) is 30.4 Å². The Morgan fingerprint density at radius 3 is 2.64 bits per heavy atom. The van der Waals surface area contributed by atoms with E-state index in [0.29, 0.717) is 29.4 Å². The van der Waals surface area contributed by atoms with Crippen LogP contribution in [0.15, 0.2) is 48.6 Å². The fourth-order valence-electron chi connectivity index (χ4n) is 10.5. The van der Waals surface area contributed by atoms with Crippen LogP contribution in [0.3, 0.4) is 0 Å². The summed E-state index contributed by atoms with van der Waals surface area (Å²) >= 11 is 6.53. The first-order valence-corrected chi connectivity index (χ1v) is 22.1. The van der Waals surface area contributed by atoms with Crippen molar-refractivity contribution in [3.8, 4) is 5.75 Å². The molecule has 4 heterocycles. The highest BCUT2D eigenvalue weighted by molar-refractivity contribution is 7.99. The van der Waals surface area contributed by atoms with Crippen molar-refractivity contribution >= 4 is 38.8 Å². The summed E-state index contributed by atoms with van der Waals surface area (Å²) in [6.07, 6.45) is 14.2. The van der Waals surface area contributed by atoms with Gasteiger partial charge in [0, 0.05) is 54.6 Å². The van der Waals surface area contributed by atoms with Crippen molar-refractivity contribution < 1.29 is 23.2 Å². The number of hydrogen-bond donors (Lipinski definition) is 1. The van der Waals surface area contributed by atoms with Gasteiger partial charge in [-0.2, -0.15) is 0 Å². The number of anilines is 1. The molecular formula is C43H58ClN3O5S. The van der Waals surface area contributed by atoms with Crippen molar-refractivity contribution in [1.82, 2.24) is 9.62 Å². The summed E-state index contributed by atoms with van der Waals surface area (Å²) in [5.74, 6) is 5.24. The van der Waals surface area contributed by atoms with E-state index in [2.05, 4.69) is 51.6 Å². The van der Waals surface area contributed by atoms with Gasteiger partial charge in [-0.05, 0) is 148 Å². The van der Waals surface area contributed by atoms with Gasteiger partial charge in [0.1, 0.15) is 11.4 Å². The minimum absolute atomic E-state index is 0.0359. The van der Waals surface area contributed by atoms with Crippen LogP contribution in [0, 0.1) is 23.2 Å². The fourth-order valence-corrected chi connectivity index (χ4v) is 12.2. The molecule has 6 aliphatic rings. The Morgan fingerprint density at radius 1 is 1.08 bits per heavy atom. The predicted molar refractivity (Wildman–Crippen MR) is 215 cm³/mol. The van der Waals surface area contributed by atoms with Crippen molar-refractivity contribution in [2.75, 3.05) is 64.6 Å². The molecule has 1 N–H and O–H groups in total. The van der Waals surface area contributed by atoms with Gasteiger partial charge < -0.3 is 24.0 Å². The number of carbonyl (C=O) groups is 1. The van der Waals surface area contributed by atoms with E-state index in [9.17, 15) is 9.00 Å². The predicted octanol–water partition coefficient (Wildman–Crippen LogP) is 7.07. The van der Waals surface area contributed by atoms with Crippen molar-refractivity contribution in [3.05, 3.63) is 70.3 Å². The molecule has 2 aromatic carbocycles. The summed E-state index contributed by atoms with van der Waals surface area (Å²) in [6.45, 7) is 11.0. The summed E-state index contributed by atoms with van der Waals surface area (Å²) in [6, 6.07) is 12.1. The van der Waals surface area contributed by atoms with Gasteiger partial charge in [-0.1, -0.05) is 36.7 Å². The van der Waals surface area contributed by atoms with Gasteiger partial charge in [0.05, 0.1) is 28.6 Å². The summed E-state index contributed by atoms with van der Waals surface area (Å²) in [7, 11) is -1.05. The van der Waals surface area contributed by atoms with Crippen LogP contribution in [-0.2, 0) is 31.0 Å². The maximum absolute atomic E-state index is 14.1. The van der Waals surface area contributed by atoms with Crippen LogP contribution in [-0.4, -0.2) is 91.4 Å². The van der Waals surface area contributed by atoms with Gasteiger partial charge in [-0.25, -0.2) is 4.21 Å².